The maximum atomic E-state index is 8.97. The summed E-state index contributed by atoms with van der Waals surface area (Å²) in [6, 6.07) is 10.3. The second-order valence-electron chi connectivity index (χ2n) is 3.90. The first kappa shape index (κ1) is 10.6. The molecular formula is C12H17NO2. The normalized spacial score (nSPS) is 19.5. The zero-order valence-corrected chi connectivity index (χ0v) is 8.80. The van der Waals surface area contributed by atoms with E-state index < -0.39 is 0 Å². The molecule has 0 amide bonds. The zero-order chi connectivity index (χ0) is 10.5. The number of aliphatic hydroxyl groups excluding tert-OH is 1. The average molecular weight is 207 g/mol. The minimum absolute atomic E-state index is 0.208. The van der Waals surface area contributed by atoms with Crippen LogP contribution in [0.1, 0.15) is 5.56 Å². The number of rotatable bonds is 6. The smallest absolute Gasteiger partial charge is 0.0936 e. The fraction of sp³-hybridized carbons (Fsp3) is 0.500. The van der Waals surface area contributed by atoms with Crippen molar-refractivity contribution in [1.29, 1.82) is 0 Å². The molecule has 0 aromatic heterocycles. The highest BCUT2D eigenvalue weighted by Crippen LogP contribution is 2.13. The summed E-state index contributed by atoms with van der Waals surface area (Å²) in [5.74, 6) is 0. The van der Waals surface area contributed by atoms with Gasteiger partial charge in [-0.3, -0.25) is 4.90 Å². The van der Waals surface area contributed by atoms with E-state index in [9.17, 15) is 0 Å². The van der Waals surface area contributed by atoms with E-state index in [2.05, 4.69) is 17.0 Å². The van der Waals surface area contributed by atoms with Crippen molar-refractivity contribution >= 4 is 0 Å². The number of hydrogen-bond donors (Lipinski definition) is 1. The van der Waals surface area contributed by atoms with Crippen molar-refractivity contribution in [2.45, 2.75) is 12.6 Å². The molecule has 1 aliphatic heterocycles. The highest BCUT2D eigenvalue weighted by Gasteiger charge is 2.25. The van der Waals surface area contributed by atoms with Crippen molar-refractivity contribution in [3.8, 4) is 0 Å². The number of ether oxygens (including phenoxy) is 1. The third-order valence-electron chi connectivity index (χ3n) is 2.53. The molecule has 1 aliphatic rings. The van der Waals surface area contributed by atoms with Gasteiger partial charge in [0.05, 0.1) is 19.3 Å². The number of aliphatic hydroxyl groups is 1. The molecule has 1 fully saturated rings. The Morgan fingerprint density at radius 2 is 2.07 bits per heavy atom. The van der Waals surface area contributed by atoms with Crippen molar-refractivity contribution in [3.63, 3.8) is 0 Å². The molecule has 0 spiro atoms. The molecule has 1 aromatic carbocycles. The van der Waals surface area contributed by atoms with Gasteiger partial charge in [-0.1, -0.05) is 30.3 Å². The summed E-state index contributed by atoms with van der Waals surface area (Å²) in [5, 5.41) is 8.97. The Kier molecular flexibility index (Phi) is 3.72. The van der Waals surface area contributed by atoms with Crippen molar-refractivity contribution in [2.75, 3.05) is 26.3 Å². The van der Waals surface area contributed by atoms with E-state index in [0.29, 0.717) is 6.10 Å². The minimum atomic E-state index is 0.208. The summed E-state index contributed by atoms with van der Waals surface area (Å²) >= 11 is 0. The van der Waals surface area contributed by atoms with Crippen LogP contribution < -0.4 is 0 Å². The van der Waals surface area contributed by atoms with Crippen molar-refractivity contribution < 1.29 is 9.84 Å². The van der Waals surface area contributed by atoms with Gasteiger partial charge < -0.3 is 9.84 Å². The first-order chi connectivity index (χ1) is 7.38. The van der Waals surface area contributed by atoms with Crippen LogP contribution in [0.15, 0.2) is 30.3 Å². The Morgan fingerprint density at radius 1 is 1.33 bits per heavy atom. The second-order valence-corrected chi connectivity index (χ2v) is 3.90. The summed E-state index contributed by atoms with van der Waals surface area (Å²) in [5.41, 5.74) is 1.28. The molecule has 0 radical (unpaired) electrons. The monoisotopic (exact) mass is 207 g/mol. The molecule has 1 saturated heterocycles. The van der Waals surface area contributed by atoms with E-state index in [4.69, 9.17) is 9.84 Å². The molecule has 1 heterocycles. The number of epoxide rings is 1. The minimum Gasteiger partial charge on any atom is -0.395 e. The maximum Gasteiger partial charge on any atom is 0.0936 e. The van der Waals surface area contributed by atoms with Crippen LogP contribution in [0.5, 0.6) is 0 Å². The van der Waals surface area contributed by atoms with Crippen LogP contribution in [0.2, 0.25) is 0 Å². The Balaban J connectivity index is 1.87. The van der Waals surface area contributed by atoms with E-state index in [0.717, 1.165) is 26.2 Å². The summed E-state index contributed by atoms with van der Waals surface area (Å²) in [7, 11) is 0. The number of nitrogens with zero attached hydrogens (tertiary/aromatic N) is 1. The van der Waals surface area contributed by atoms with Gasteiger partial charge in [-0.15, -0.1) is 0 Å². The lowest BCUT2D eigenvalue weighted by molar-refractivity contribution is 0.178. The predicted octanol–water partition coefficient (Wildman–Crippen LogP) is 0.880. The van der Waals surface area contributed by atoms with Crippen LogP contribution >= 0.6 is 0 Å². The van der Waals surface area contributed by atoms with Crippen LogP contribution in [0.4, 0.5) is 0 Å². The van der Waals surface area contributed by atoms with E-state index in [1.165, 1.54) is 5.56 Å². The average Bonchev–Trinajstić information content (AvgIpc) is 3.03. The van der Waals surface area contributed by atoms with Gasteiger partial charge in [0.25, 0.3) is 0 Å². The molecule has 2 rings (SSSR count). The Hall–Kier alpha value is -0.900. The molecule has 82 valence electrons. The van der Waals surface area contributed by atoms with E-state index in [1.807, 2.05) is 18.2 Å². The molecule has 1 N–H and O–H groups in total. The third-order valence-corrected chi connectivity index (χ3v) is 2.53. The molecule has 1 aromatic rings. The van der Waals surface area contributed by atoms with Crippen LogP contribution in [-0.2, 0) is 11.3 Å². The molecule has 3 heteroatoms. The molecule has 0 bridgehead atoms. The Bertz CT molecular complexity index is 285. The van der Waals surface area contributed by atoms with Crippen LogP contribution in [0.3, 0.4) is 0 Å². The molecule has 0 saturated carbocycles. The van der Waals surface area contributed by atoms with Crippen molar-refractivity contribution in [1.82, 2.24) is 4.90 Å². The van der Waals surface area contributed by atoms with Gasteiger partial charge in [-0.05, 0) is 5.56 Å². The molecule has 0 unspecified atom stereocenters. The molecule has 0 aliphatic carbocycles. The molecule has 15 heavy (non-hydrogen) atoms. The van der Waals surface area contributed by atoms with Gasteiger partial charge in [0.15, 0.2) is 0 Å². The van der Waals surface area contributed by atoms with Gasteiger partial charge in [0.1, 0.15) is 0 Å². The Morgan fingerprint density at radius 3 is 2.67 bits per heavy atom. The van der Waals surface area contributed by atoms with Gasteiger partial charge in [0.2, 0.25) is 0 Å². The lowest BCUT2D eigenvalue weighted by Crippen LogP contribution is -2.30. The topological polar surface area (TPSA) is 36.0 Å². The van der Waals surface area contributed by atoms with E-state index in [1.54, 1.807) is 0 Å². The van der Waals surface area contributed by atoms with Crippen LogP contribution in [-0.4, -0.2) is 42.4 Å². The van der Waals surface area contributed by atoms with Gasteiger partial charge >= 0.3 is 0 Å². The summed E-state index contributed by atoms with van der Waals surface area (Å²) in [6.45, 7) is 3.61. The number of benzene rings is 1. The molecule has 3 nitrogen and oxygen atoms in total. The van der Waals surface area contributed by atoms with Gasteiger partial charge in [-0.25, -0.2) is 0 Å². The third kappa shape index (κ3) is 3.63. The standard InChI is InChI=1S/C12H17NO2/c14-7-6-13(9-12-10-15-12)8-11-4-2-1-3-5-11/h1-5,12,14H,6-10H2/t12-/m1/s1. The quantitative estimate of drug-likeness (QED) is 0.703. The highest BCUT2D eigenvalue weighted by atomic mass is 16.6. The van der Waals surface area contributed by atoms with Gasteiger partial charge in [-0.2, -0.15) is 0 Å². The first-order valence-electron chi connectivity index (χ1n) is 5.37. The van der Waals surface area contributed by atoms with Crippen molar-refractivity contribution in [2.24, 2.45) is 0 Å². The van der Waals surface area contributed by atoms with E-state index in [-0.39, 0.29) is 6.61 Å². The molecule has 1 atom stereocenters. The lowest BCUT2D eigenvalue weighted by atomic mass is 10.2. The second kappa shape index (κ2) is 5.26. The first-order valence-corrected chi connectivity index (χ1v) is 5.37. The van der Waals surface area contributed by atoms with Gasteiger partial charge in [0, 0.05) is 19.6 Å². The lowest BCUT2D eigenvalue weighted by Gasteiger charge is -2.20. The van der Waals surface area contributed by atoms with E-state index >= 15 is 0 Å². The SMILES string of the molecule is OCCN(Cc1ccccc1)C[C@@H]1CO1. The summed E-state index contributed by atoms with van der Waals surface area (Å²) in [4.78, 5) is 2.23. The van der Waals surface area contributed by atoms with Crippen LogP contribution in [0, 0.1) is 0 Å². The number of hydrogen-bond acceptors (Lipinski definition) is 3. The predicted molar refractivity (Wildman–Crippen MR) is 58.5 cm³/mol. The Labute approximate surface area is 90.3 Å². The fourth-order valence-electron chi connectivity index (χ4n) is 1.68. The highest BCUT2D eigenvalue weighted by molar-refractivity contribution is 5.14. The summed E-state index contributed by atoms with van der Waals surface area (Å²) in [6.07, 6.45) is 0.389. The van der Waals surface area contributed by atoms with Crippen LogP contribution in [0.25, 0.3) is 0 Å². The fourth-order valence-corrected chi connectivity index (χ4v) is 1.68. The maximum absolute atomic E-state index is 8.97. The van der Waals surface area contributed by atoms with Crippen molar-refractivity contribution in [3.05, 3.63) is 35.9 Å². The molecular weight excluding hydrogens is 190 g/mol. The summed E-state index contributed by atoms with van der Waals surface area (Å²) < 4.78 is 5.20. The largest absolute Gasteiger partial charge is 0.395 e. The zero-order valence-electron chi connectivity index (χ0n) is 8.80.